The zero-order valence-corrected chi connectivity index (χ0v) is 18.2. The highest BCUT2D eigenvalue weighted by Gasteiger charge is 2.39. The van der Waals surface area contributed by atoms with E-state index in [1.54, 1.807) is 19.9 Å². The SMILES string of the molecule is CC1=C(C(=O)OCCCl)C(c2cccc([N+](=O)[O-])c2)C(C(=O)OC2CCCC2)=C(C)N1. The molecule has 0 radical (unpaired) electrons. The van der Waals surface area contributed by atoms with Crippen LogP contribution in [0.3, 0.4) is 0 Å². The molecule has 1 aromatic rings. The number of nitro groups is 1. The van der Waals surface area contributed by atoms with E-state index < -0.39 is 22.8 Å². The standard InChI is InChI=1S/C22H25ClN2O6/c1-13-18(21(26)30-11-10-23)20(15-6-5-7-16(12-15)25(28)29)19(14(2)24-13)22(27)31-17-8-3-4-9-17/h5-7,12,17,20,24H,3-4,8-11H2,1-2H3. The normalized spacial score (nSPS) is 19.3. The Labute approximate surface area is 185 Å². The number of nitrogens with zero attached hydrogens (tertiary/aromatic N) is 1. The molecule has 1 heterocycles. The van der Waals surface area contributed by atoms with Crippen LogP contribution in [-0.2, 0) is 19.1 Å². The van der Waals surface area contributed by atoms with E-state index in [0.29, 0.717) is 17.0 Å². The topological polar surface area (TPSA) is 108 Å². The van der Waals surface area contributed by atoms with Crippen molar-refractivity contribution in [2.45, 2.75) is 51.6 Å². The van der Waals surface area contributed by atoms with Gasteiger partial charge in [0.2, 0.25) is 0 Å². The first-order valence-electron chi connectivity index (χ1n) is 10.2. The number of hydrogen-bond donors (Lipinski definition) is 1. The molecule has 0 spiro atoms. The predicted octanol–water partition coefficient (Wildman–Crippen LogP) is 4.10. The molecule has 1 fully saturated rings. The van der Waals surface area contributed by atoms with Crippen LogP contribution in [0.2, 0.25) is 0 Å². The number of rotatable bonds is 7. The molecule has 9 heteroatoms. The van der Waals surface area contributed by atoms with Crippen LogP contribution in [0, 0.1) is 10.1 Å². The zero-order chi connectivity index (χ0) is 22.5. The minimum absolute atomic E-state index is 0.00335. The highest BCUT2D eigenvalue weighted by molar-refractivity contribution is 6.18. The number of nitro benzene ring substituents is 1. The average Bonchev–Trinajstić information content (AvgIpc) is 3.24. The Kier molecular flexibility index (Phi) is 7.33. The first-order chi connectivity index (χ1) is 14.8. The summed E-state index contributed by atoms with van der Waals surface area (Å²) in [5, 5.41) is 14.4. The van der Waals surface area contributed by atoms with Crippen molar-refractivity contribution in [3.8, 4) is 0 Å². The Morgan fingerprint density at radius 3 is 2.42 bits per heavy atom. The third-order valence-electron chi connectivity index (χ3n) is 5.50. The van der Waals surface area contributed by atoms with Gasteiger partial charge in [0.25, 0.3) is 5.69 Å². The summed E-state index contributed by atoms with van der Waals surface area (Å²) in [6.07, 6.45) is 3.42. The molecule has 2 aliphatic rings. The van der Waals surface area contributed by atoms with Gasteiger partial charge in [-0.2, -0.15) is 0 Å². The van der Waals surface area contributed by atoms with Gasteiger partial charge in [-0.15, -0.1) is 11.6 Å². The number of carbonyl (C=O) groups excluding carboxylic acids is 2. The van der Waals surface area contributed by atoms with Crippen molar-refractivity contribution < 1.29 is 24.0 Å². The van der Waals surface area contributed by atoms with Crippen LogP contribution in [0.4, 0.5) is 5.69 Å². The molecule has 0 bridgehead atoms. The van der Waals surface area contributed by atoms with Crippen LogP contribution in [0.1, 0.15) is 51.0 Å². The number of carbonyl (C=O) groups is 2. The molecule has 1 atom stereocenters. The lowest BCUT2D eigenvalue weighted by molar-refractivity contribution is -0.384. The van der Waals surface area contributed by atoms with Gasteiger partial charge in [-0.25, -0.2) is 9.59 Å². The van der Waals surface area contributed by atoms with Gasteiger partial charge in [0, 0.05) is 23.5 Å². The molecule has 1 N–H and O–H groups in total. The van der Waals surface area contributed by atoms with E-state index in [0.717, 1.165) is 25.7 Å². The van der Waals surface area contributed by atoms with Gasteiger partial charge in [0.1, 0.15) is 12.7 Å². The van der Waals surface area contributed by atoms with Gasteiger partial charge in [0.05, 0.1) is 27.9 Å². The van der Waals surface area contributed by atoms with E-state index in [9.17, 15) is 19.7 Å². The second kappa shape index (κ2) is 9.96. The number of ether oxygens (including phenoxy) is 2. The maximum atomic E-state index is 13.2. The van der Waals surface area contributed by atoms with Crippen LogP contribution in [-0.4, -0.2) is 35.5 Å². The lowest BCUT2D eigenvalue weighted by atomic mass is 9.80. The van der Waals surface area contributed by atoms with Crippen molar-refractivity contribution >= 4 is 29.2 Å². The molecule has 166 valence electrons. The molecule has 8 nitrogen and oxygen atoms in total. The van der Waals surface area contributed by atoms with Crippen LogP contribution in [0.25, 0.3) is 0 Å². The predicted molar refractivity (Wildman–Crippen MR) is 114 cm³/mol. The molecule has 1 aliphatic heterocycles. The van der Waals surface area contributed by atoms with Crippen molar-refractivity contribution in [3.05, 3.63) is 62.5 Å². The fraction of sp³-hybridized carbons (Fsp3) is 0.455. The van der Waals surface area contributed by atoms with Gasteiger partial charge < -0.3 is 14.8 Å². The fourth-order valence-corrected chi connectivity index (χ4v) is 4.19. The minimum atomic E-state index is -0.863. The van der Waals surface area contributed by atoms with Crippen molar-refractivity contribution in [1.82, 2.24) is 5.32 Å². The number of non-ortho nitro benzene ring substituents is 1. The summed E-state index contributed by atoms with van der Waals surface area (Å²) in [7, 11) is 0. The third-order valence-corrected chi connectivity index (χ3v) is 5.66. The van der Waals surface area contributed by atoms with Gasteiger partial charge in [-0.1, -0.05) is 12.1 Å². The summed E-state index contributed by atoms with van der Waals surface area (Å²) in [6.45, 7) is 3.42. The largest absolute Gasteiger partial charge is 0.461 e. The number of allylic oxidation sites excluding steroid dienone is 2. The fourth-order valence-electron chi connectivity index (χ4n) is 4.12. The number of halogens is 1. The van der Waals surface area contributed by atoms with Gasteiger partial charge >= 0.3 is 11.9 Å². The number of nitrogens with one attached hydrogen (secondary N) is 1. The molecule has 0 amide bonds. The molecule has 3 rings (SSSR count). The Morgan fingerprint density at radius 2 is 1.81 bits per heavy atom. The summed E-state index contributed by atoms with van der Waals surface area (Å²) in [4.78, 5) is 36.9. The lowest BCUT2D eigenvalue weighted by Gasteiger charge is -2.31. The second-order valence-electron chi connectivity index (χ2n) is 7.62. The quantitative estimate of drug-likeness (QED) is 0.289. The molecule has 1 unspecified atom stereocenters. The number of benzene rings is 1. The van der Waals surface area contributed by atoms with Crippen molar-refractivity contribution in [3.63, 3.8) is 0 Å². The first-order valence-corrected chi connectivity index (χ1v) is 10.7. The molecule has 0 saturated heterocycles. The van der Waals surface area contributed by atoms with E-state index in [4.69, 9.17) is 21.1 Å². The minimum Gasteiger partial charge on any atom is -0.461 e. The maximum Gasteiger partial charge on any atom is 0.337 e. The Balaban J connectivity index is 2.07. The number of hydrogen-bond acceptors (Lipinski definition) is 7. The molecular weight excluding hydrogens is 424 g/mol. The van der Waals surface area contributed by atoms with E-state index in [-0.39, 0.29) is 35.4 Å². The van der Waals surface area contributed by atoms with Crippen molar-refractivity contribution in [1.29, 1.82) is 0 Å². The maximum absolute atomic E-state index is 13.2. The molecule has 0 aromatic heterocycles. The number of alkyl halides is 1. The number of esters is 2. The lowest BCUT2D eigenvalue weighted by Crippen LogP contribution is -2.33. The van der Waals surface area contributed by atoms with Crippen LogP contribution >= 0.6 is 11.6 Å². The smallest absolute Gasteiger partial charge is 0.337 e. The van der Waals surface area contributed by atoms with Crippen LogP contribution < -0.4 is 5.32 Å². The Morgan fingerprint density at radius 1 is 1.16 bits per heavy atom. The highest BCUT2D eigenvalue weighted by Crippen LogP contribution is 2.40. The van der Waals surface area contributed by atoms with Gasteiger partial charge in [-0.05, 0) is 45.1 Å². The first kappa shape index (κ1) is 22.8. The monoisotopic (exact) mass is 448 g/mol. The van der Waals surface area contributed by atoms with Crippen LogP contribution in [0.15, 0.2) is 46.8 Å². The third kappa shape index (κ3) is 5.07. The summed E-state index contributed by atoms with van der Waals surface area (Å²) in [6, 6.07) is 5.91. The Bertz CT molecular complexity index is 949. The van der Waals surface area contributed by atoms with Gasteiger partial charge in [-0.3, -0.25) is 10.1 Å². The van der Waals surface area contributed by atoms with E-state index in [1.165, 1.54) is 18.2 Å². The molecule has 1 aromatic carbocycles. The van der Waals surface area contributed by atoms with Crippen molar-refractivity contribution in [2.75, 3.05) is 12.5 Å². The van der Waals surface area contributed by atoms with Gasteiger partial charge in [0.15, 0.2) is 0 Å². The summed E-state index contributed by atoms with van der Waals surface area (Å²) in [5.41, 5.74) is 1.79. The second-order valence-corrected chi connectivity index (χ2v) is 8.00. The van der Waals surface area contributed by atoms with Crippen molar-refractivity contribution in [2.24, 2.45) is 0 Å². The Hall–Kier alpha value is -2.87. The molecule has 31 heavy (non-hydrogen) atoms. The average molecular weight is 449 g/mol. The summed E-state index contributed by atoms with van der Waals surface area (Å²) >= 11 is 5.66. The highest BCUT2D eigenvalue weighted by atomic mass is 35.5. The van der Waals surface area contributed by atoms with Crippen LogP contribution in [0.5, 0.6) is 0 Å². The van der Waals surface area contributed by atoms with E-state index >= 15 is 0 Å². The number of dihydropyridines is 1. The van der Waals surface area contributed by atoms with E-state index in [1.807, 2.05) is 0 Å². The van der Waals surface area contributed by atoms with E-state index in [2.05, 4.69) is 5.32 Å². The zero-order valence-electron chi connectivity index (χ0n) is 17.5. The summed E-state index contributed by atoms with van der Waals surface area (Å²) in [5.74, 6) is -1.92. The molecule has 1 saturated carbocycles. The summed E-state index contributed by atoms with van der Waals surface area (Å²) < 4.78 is 11.0. The molecule has 1 aliphatic carbocycles. The molecular formula is C22H25ClN2O6.